The minimum Gasteiger partial charge on any atom is -0.496 e. The highest BCUT2D eigenvalue weighted by molar-refractivity contribution is 5.88. The first-order valence-electron chi connectivity index (χ1n) is 9.29. The van der Waals surface area contributed by atoms with Crippen LogP contribution in [0.4, 0.5) is 0 Å². The van der Waals surface area contributed by atoms with Crippen molar-refractivity contribution >= 4 is 18.0 Å². The fraction of sp³-hybridized carbons (Fsp3) is 0.304. The first kappa shape index (κ1) is 23.0. The third kappa shape index (κ3) is 6.91. The van der Waals surface area contributed by atoms with Gasteiger partial charge in [0.05, 0.1) is 7.11 Å². The van der Waals surface area contributed by atoms with Crippen LogP contribution in [-0.2, 0) is 9.59 Å². The molecule has 1 amide bonds. The van der Waals surface area contributed by atoms with Crippen LogP contribution in [0.1, 0.15) is 45.1 Å². The van der Waals surface area contributed by atoms with E-state index < -0.39 is 5.97 Å². The van der Waals surface area contributed by atoms with E-state index in [1.165, 1.54) is 0 Å². The molecule has 0 spiro atoms. The molecular formula is C23H29NO4. The monoisotopic (exact) mass is 383 g/mol. The van der Waals surface area contributed by atoms with Crippen molar-refractivity contribution < 1.29 is 19.4 Å². The van der Waals surface area contributed by atoms with Crippen molar-refractivity contribution in [3.8, 4) is 5.75 Å². The lowest BCUT2D eigenvalue weighted by atomic mass is 10.0. The molecule has 0 fully saturated rings. The Labute approximate surface area is 167 Å². The standard InChI is InChI=1S/C15H17NO2.C8H12O2/c1-4-13(10-9-12(2)16-11-17)14-7-5-6-8-15(14)18-3;1-2-6-4-3-5-7(6)8(9)10/h4-11H,2H2,1,3H3,(H,16,17);2-5H2,1H3,(H,9,10)/b10-9-,13-4+;. The Morgan fingerprint density at radius 2 is 2.00 bits per heavy atom. The van der Waals surface area contributed by atoms with Gasteiger partial charge in [-0.05, 0) is 50.3 Å². The molecule has 1 aliphatic carbocycles. The Kier molecular flexibility index (Phi) is 10.1. The molecule has 0 saturated carbocycles. The van der Waals surface area contributed by atoms with Crippen molar-refractivity contribution in [2.75, 3.05) is 7.11 Å². The number of hydrogen-bond acceptors (Lipinski definition) is 3. The van der Waals surface area contributed by atoms with Crippen LogP contribution >= 0.6 is 0 Å². The number of allylic oxidation sites excluding steroid dienone is 5. The van der Waals surface area contributed by atoms with E-state index in [0.29, 0.717) is 17.7 Å². The number of carbonyl (C=O) groups excluding carboxylic acids is 1. The molecule has 0 saturated heterocycles. The lowest BCUT2D eigenvalue weighted by Gasteiger charge is -2.08. The second kappa shape index (κ2) is 12.3. The lowest BCUT2D eigenvalue weighted by molar-refractivity contribution is -0.132. The molecule has 28 heavy (non-hydrogen) atoms. The van der Waals surface area contributed by atoms with Gasteiger partial charge < -0.3 is 15.2 Å². The summed E-state index contributed by atoms with van der Waals surface area (Å²) in [5.74, 6) is 0.0959. The third-order valence-corrected chi connectivity index (χ3v) is 4.45. The largest absolute Gasteiger partial charge is 0.496 e. The summed E-state index contributed by atoms with van der Waals surface area (Å²) in [4.78, 5) is 20.8. The topological polar surface area (TPSA) is 75.6 Å². The Hall–Kier alpha value is -3.08. The van der Waals surface area contributed by atoms with E-state index in [9.17, 15) is 9.59 Å². The molecule has 5 heteroatoms. The number of hydrogen-bond donors (Lipinski definition) is 2. The van der Waals surface area contributed by atoms with E-state index in [1.54, 1.807) is 13.2 Å². The van der Waals surface area contributed by atoms with Gasteiger partial charge >= 0.3 is 5.97 Å². The zero-order valence-electron chi connectivity index (χ0n) is 16.8. The summed E-state index contributed by atoms with van der Waals surface area (Å²) in [6.07, 6.45) is 9.92. The summed E-state index contributed by atoms with van der Waals surface area (Å²) < 4.78 is 5.31. The molecule has 5 nitrogen and oxygen atoms in total. The molecule has 2 N–H and O–H groups in total. The zero-order chi connectivity index (χ0) is 20.9. The van der Waals surface area contributed by atoms with Crippen LogP contribution in [0.25, 0.3) is 5.57 Å². The molecule has 0 unspecified atom stereocenters. The number of ether oxygens (including phenoxy) is 1. The van der Waals surface area contributed by atoms with Crippen molar-refractivity contribution in [2.24, 2.45) is 0 Å². The fourth-order valence-electron chi connectivity index (χ4n) is 2.99. The van der Waals surface area contributed by atoms with E-state index >= 15 is 0 Å². The highest BCUT2D eigenvalue weighted by Gasteiger charge is 2.17. The predicted molar refractivity (Wildman–Crippen MR) is 113 cm³/mol. The van der Waals surface area contributed by atoms with Crippen molar-refractivity contribution in [3.63, 3.8) is 0 Å². The molecule has 1 aliphatic rings. The highest BCUT2D eigenvalue weighted by atomic mass is 16.5. The van der Waals surface area contributed by atoms with Gasteiger partial charge in [-0.2, -0.15) is 0 Å². The summed E-state index contributed by atoms with van der Waals surface area (Å²) in [6.45, 7) is 7.66. The highest BCUT2D eigenvalue weighted by Crippen LogP contribution is 2.28. The van der Waals surface area contributed by atoms with Crippen LogP contribution in [0.2, 0.25) is 0 Å². The molecule has 0 radical (unpaired) electrons. The van der Waals surface area contributed by atoms with Crippen LogP contribution in [0, 0.1) is 0 Å². The van der Waals surface area contributed by atoms with Crippen LogP contribution in [0.3, 0.4) is 0 Å². The smallest absolute Gasteiger partial charge is 0.331 e. The molecular weight excluding hydrogens is 354 g/mol. The fourth-order valence-corrected chi connectivity index (χ4v) is 2.99. The molecule has 2 rings (SSSR count). The normalized spacial score (nSPS) is 13.8. The third-order valence-electron chi connectivity index (χ3n) is 4.45. The Bertz CT molecular complexity index is 788. The SMILES string of the molecule is C=C(/C=C\C(=C/C)c1ccccc1OC)NC=O.CCC1=C(C(=O)O)CCC1. The number of benzene rings is 1. The maximum atomic E-state index is 10.5. The number of rotatable bonds is 8. The summed E-state index contributed by atoms with van der Waals surface area (Å²) in [7, 11) is 1.64. The van der Waals surface area contributed by atoms with E-state index in [0.717, 1.165) is 48.1 Å². The Morgan fingerprint density at radius 3 is 2.54 bits per heavy atom. The lowest BCUT2D eigenvalue weighted by Crippen LogP contribution is -2.06. The number of carboxylic acid groups (broad SMARTS) is 1. The molecule has 0 aromatic heterocycles. The van der Waals surface area contributed by atoms with Crippen LogP contribution in [-0.4, -0.2) is 24.6 Å². The minimum atomic E-state index is -0.714. The number of nitrogens with one attached hydrogen (secondary N) is 1. The molecule has 0 atom stereocenters. The first-order chi connectivity index (χ1) is 13.5. The zero-order valence-corrected chi connectivity index (χ0v) is 16.8. The van der Waals surface area contributed by atoms with Crippen LogP contribution in [0.5, 0.6) is 5.75 Å². The molecule has 0 bridgehead atoms. The van der Waals surface area contributed by atoms with Crippen LogP contribution in [0.15, 0.2) is 65.9 Å². The number of amides is 1. The maximum Gasteiger partial charge on any atom is 0.331 e. The summed E-state index contributed by atoms with van der Waals surface area (Å²) >= 11 is 0. The van der Waals surface area contributed by atoms with Gasteiger partial charge in [0.1, 0.15) is 5.75 Å². The van der Waals surface area contributed by atoms with Crippen molar-refractivity contribution in [2.45, 2.75) is 39.5 Å². The van der Waals surface area contributed by atoms with Gasteiger partial charge in [0, 0.05) is 16.8 Å². The Balaban J connectivity index is 0.000000330. The summed E-state index contributed by atoms with van der Waals surface area (Å²) in [5.41, 5.74) is 4.35. The molecule has 150 valence electrons. The summed E-state index contributed by atoms with van der Waals surface area (Å²) in [6, 6.07) is 7.76. The van der Waals surface area contributed by atoms with Gasteiger partial charge in [-0.3, -0.25) is 4.79 Å². The van der Waals surface area contributed by atoms with Gasteiger partial charge in [-0.15, -0.1) is 0 Å². The number of carbonyl (C=O) groups is 2. The Morgan fingerprint density at radius 1 is 1.29 bits per heavy atom. The van der Waals surface area contributed by atoms with Crippen molar-refractivity contribution in [3.05, 3.63) is 71.5 Å². The van der Waals surface area contributed by atoms with Crippen LogP contribution < -0.4 is 10.1 Å². The summed E-state index contributed by atoms with van der Waals surface area (Å²) in [5, 5.41) is 11.1. The van der Waals surface area contributed by atoms with Crippen molar-refractivity contribution in [1.82, 2.24) is 5.32 Å². The van der Waals surface area contributed by atoms with Gasteiger partial charge in [-0.25, -0.2) is 4.79 Å². The van der Waals surface area contributed by atoms with E-state index in [-0.39, 0.29) is 0 Å². The van der Waals surface area contributed by atoms with Gasteiger partial charge in [-0.1, -0.05) is 49.4 Å². The average Bonchev–Trinajstić information content (AvgIpc) is 3.19. The second-order valence-corrected chi connectivity index (χ2v) is 6.16. The van der Waals surface area contributed by atoms with Crippen molar-refractivity contribution in [1.29, 1.82) is 0 Å². The molecule has 0 aliphatic heterocycles. The quantitative estimate of drug-likeness (QED) is 0.496. The second-order valence-electron chi connectivity index (χ2n) is 6.16. The maximum absolute atomic E-state index is 10.5. The number of methoxy groups -OCH3 is 1. The number of para-hydroxylation sites is 1. The van der Waals surface area contributed by atoms with E-state index in [2.05, 4.69) is 11.9 Å². The molecule has 0 heterocycles. The van der Waals surface area contributed by atoms with E-state index in [4.69, 9.17) is 9.84 Å². The average molecular weight is 383 g/mol. The number of carboxylic acids is 1. The predicted octanol–water partition coefficient (Wildman–Crippen LogP) is 4.88. The first-order valence-corrected chi connectivity index (χ1v) is 9.29. The molecule has 1 aromatic carbocycles. The van der Waals surface area contributed by atoms with Gasteiger partial charge in [0.25, 0.3) is 0 Å². The molecule has 1 aromatic rings. The van der Waals surface area contributed by atoms with Gasteiger partial charge in [0.2, 0.25) is 6.41 Å². The minimum absolute atomic E-state index is 0.541. The number of aliphatic carboxylic acids is 1. The van der Waals surface area contributed by atoms with Gasteiger partial charge in [0.15, 0.2) is 0 Å². The van der Waals surface area contributed by atoms with E-state index in [1.807, 2.05) is 50.3 Å².